The van der Waals surface area contributed by atoms with Crippen LogP contribution in [0.5, 0.6) is 0 Å². The number of anilines is 2. The molecule has 0 aliphatic carbocycles. The van der Waals surface area contributed by atoms with E-state index in [1.165, 1.54) is 24.3 Å². The predicted octanol–water partition coefficient (Wildman–Crippen LogP) is 0.290. The Kier molecular flexibility index (Phi) is 3.65. The van der Waals surface area contributed by atoms with Crippen molar-refractivity contribution in [2.45, 2.75) is 0 Å². The van der Waals surface area contributed by atoms with Crippen molar-refractivity contribution in [2.24, 2.45) is 0 Å². The van der Waals surface area contributed by atoms with E-state index >= 15 is 0 Å². The van der Waals surface area contributed by atoms with Crippen LogP contribution in [-0.2, 0) is 9.59 Å². The number of amides is 2. The van der Waals surface area contributed by atoms with E-state index in [1.54, 1.807) is 0 Å². The van der Waals surface area contributed by atoms with E-state index < -0.39 is 16.7 Å². The van der Waals surface area contributed by atoms with Gasteiger partial charge in [0.05, 0.1) is 4.92 Å². The third-order valence-electron chi connectivity index (χ3n) is 2.20. The second-order valence-electron chi connectivity index (χ2n) is 3.52. The maximum atomic E-state index is 11.6. The molecule has 2 aromatic rings. The van der Waals surface area contributed by atoms with Crippen molar-refractivity contribution in [1.29, 1.82) is 0 Å². The van der Waals surface area contributed by atoms with Crippen LogP contribution in [-0.4, -0.2) is 31.9 Å². The van der Waals surface area contributed by atoms with Gasteiger partial charge in [0.15, 0.2) is 0 Å². The lowest BCUT2D eigenvalue weighted by molar-refractivity contribution is -0.383. The Morgan fingerprint density at radius 3 is 2.55 bits per heavy atom. The van der Waals surface area contributed by atoms with Crippen molar-refractivity contribution in [1.82, 2.24) is 15.2 Å². The molecule has 10 heteroatoms. The SMILES string of the molecule is O=C(Nc1ncn[nH]1)C(=O)Nc1ccccc1[N+](=O)[O-]. The minimum Gasteiger partial charge on any atom is -0.312 e. The second kappa shape index (κ2) is 5.56. The van der Waals surface area contributed by atoms with Crippen molar-refractivity contribution in [2.75, 3.05) is 10.6 Å². The van der Waals surface area contributed by atoms with Crippen molar-refractivity contribution < 1.29 is 14.5 Å². The molecule has 2 rings (SSSR count). The molecular formula is C10H8N6O4. The summed E-state index contributed by atoms with van der Waals surface area (Å²) >= 11 is 0. The molecule has 0 saturated heterocycles. The first kappa shape index (κ1) is 13.1. The number of aromatic amines is 1. The van der Waals surface area contributed by atoms with Crippen LogP contribution in [0.1, 0.15) is 0 Å². The summed E-state index contributed by atoms with van der Waals surface area (Å²) in [6.07, 6.45) is 1.15. The third kappa shape index (κ3) is 2.93. The first-order valence-corrected chi connectivity index (χ1v) is 5.29. The number of rotatable bonds is 3. The molecule has 1 heterocycles. The van der Waals surface area contributed by atoms with Crippen LogP contribution in [0, 0.1) is 10.1 Å². The Balaban J connectivity index is 2.08. The number of H-pyrrole nitrogens is 1. The van der Waals surface area contributed by atoms with Crippen LogP contribution in [0.15, 0.2) is 30.6 Å². The minimum atomic E-state index is -1.06. The molecule has 0 aliphatic heterocycles. The van der Waals surface area contributed by atoms with Gasteiger partial charge in [0.1, 0.15) is 12.0 Å². The lowest BCUT2D eigenvalue weighted by atomic mass is 10.2. The average Bonchev–Trinajstić information content (AvgIpc) is 2.91. The first-order chi connectivity index (χ1) is 9.58. The van der Waals surface area contributed by atoms with Gasteiger partial charge in [-0.15, -0.1) is 0 Å². The summed E-state index contributed by atoms with van der Waals surface area (Å²) in [5.74, 6) is -2.09. The van der Waals surface area contributed by atoms with Crippen LogP contribution in [0.4, 0.5) is 17.3 Å². The Morgan fingerprint density at radius 2 is 1.90 bits per heavy atom. The highest BCUT2D eigenvalue weighted by molar-refractivity contribution is 6.43. The number of hydrogen-bond acceptors (Lipinski definition) is 6. The van der Waals surface area contributed by atoms with Crippen LogP contribution in [0.3, 0.4) is 0 Å². The molecule has 102 valence electrons. The van der Waals surface area contributed by atoms with Gasteiger partial charge in [-0.25, -0.2) is 5.10 Å². The monoisotopic (exact) mass is 276 g/mol. The highest BCUT2D eigenvalue weighted by atomic mass is 16.6. The van der Waals surface area contributed by atoms with Gasteiger partial charge < -0.3 is 5.32 Å². The molecule has 0 fully saturated rings. The van der Waals surface area contributed by atoms with E-state index in [4.69, 9.17) is 0 Å². The van der Waals surface area contributed by atoms with Crippen LogP contribution >= 0.6 is 0 Å². The number of carbonyl (C=O) groups is 2. The van der Waals surface area contributed by atoms with E-state index in [9.17, 15) is 19.7 Å². The van der Waals surface area contributed by atoms with E-state index in [2.05, 4.69) is 25.8 Å². The maximum absolute atomic E-state index is 11.6. The van der Waals surface area contributed by atoms with Crippen molar-refractivity contribution >= 4 is 29.1 Å². The number of benzene rings is 1. The molecule has 0 aliphatic rings. The Bertz CT molecular complexity index is 654. The minimum absolute atomic E-state index is 0.00675. The van der Waals surface area contributed by atoms with Gasteiger partial charge >= 0.3 is 11.8 Å². The summed E-state index contributed by atoms with van der Waals surface area (Å²) in [6, 6.07) is 5.47. The second-order valence-corrected chi connectivity index (χ2v) is 3.52. The molecule has 0 bridgehead atoms. The van der Waals surface area contributed by atoms with Gasteiger partial charge in [0.25, 0.3) is 5.69 Å². The quantitative estimate of drug-likeness (QED) is 0.417. The summed E-state index contributed by atoms with van der Waals surface area (Å²) in [5.41, 5.74) is -0.386. The van der Waals surface area contributed by atoms with Crippen molar-refractivity contribution in [3.05, 3.63) is 40.7 Å². The zero-order valence-corrected chi connectivity index (χ0v) is 9.86. The molecule has 0 saturated carbocycles. The molecule has 1 aromatic heterocycles. The summed E-state index contributed by atoms with van der Waals surface area (Å²) in [4.78, 5) is 36.8. The molecular weight excluding hydrogens is 268 g/mol. The standard InChI is InChI=1S/C10H8N6O4/c17-8(9(18)14-10-11-5-12-15-10)13-6-3-1-2-4-7(6)16(19)20/h1-5H,(H,13,17)(H2,11,12,14,15,18). The normalized spacial score (nSPS) is 9.80. The van der Waals surface area contributed by atoms with Crippen LogP contribution in [0.25, 0.3) is 0 Å². The Morgan fingerprint density at radius 1 is 1.20 bits per heavy atom. The number of carbonyl (C=O) groups excluding carboxylic acids is 2. The molecule has 0 radical (unpaired) electrons. The highest BCUT2D eigenvalue weighted by Gasteiger charge is 2.20. The molecule has 2 amide bonds. The topological polar surface area (TPSA) is 143 Å². The molecule has 0 spiro atoms. The van der Waals surface area contributed by atoms with Crippen molar-refractivity contribution in [3.8, 4) is 0 Å². The van der Waals surface area contributed by atoms with E-state index in [0.29, 0.717) is 0 Å². The zero-order chi connectivity index (χ0) is 14.5. The maximum Gasteiger partial charge on any atom is 0.316 e. The summed E-state index contributed by atoms with van der Waals surface area (Å²) in [7, 11) is 0. The number of para-hydroxylation sites is 2. The van der Waals surface area contributed by atoms with Gasteiger partial charge in [-0.05, 0) is 6.07 Å². The Labute approximate surface area is 111 Å². The third-order valence-corrected chi connectivity index (χ3v) is 2.20. The lowest BCUT2D eigenvalue weighted by Gasteiger charge is -2.05. The highest BCUT2D eigenvalue weighted by Crippen LogP contribution is 2.22. The summed E-state index contributed by atoms with van der Waals surface area (Å²) in [5, 5.41) is 20.9. The molecule has 0 unspecified atom stereocenters. The fraction of sp³-hybridized carbons (Fsp3) is 0. The number of aromatic nitrogens is 3. The molecule has 10 nitrogen and oxygen atoms in total. The molecule has 0 atom stereocenters. The van der Waals surface area contributed by atoms with Gasteiger partial charge in [-0.3, -0.25) is 25.0 Å². The fourth-order valence-corrected chi connectivity index (χ4v) is 1.35. The molecule has 3 N–H and O–H groups in total. The van der Waals surface area contributed by atoms with E-state index in [0.717, 1.165) is 6.33 Å². The van der Waals surface area contributed by atoms with Gasteiger partial charge in [0.2, 0.25) is 5.95 Å². The summed E-state index contributed by atoms with van der Waals surface area (Å²) in [6.45, 7) is 0. The van der Waals surface area contributed by atoms with Crippen LogP contribution in [0.2, 0.25) is 0 Å². The van der Waals surface area contributed by atoms with Gasteiger partial charge in [-0.2, -0.15) is 10.1 Å². The first-order valence-electron chi connectivity index (χ1n) is 5.29. The van der Waals surface area contributed by atoms with Crippen molar-refractivity contribution in [3.63, 3.8) is 0 Å². The predicted molar refractivity (Wildman–Crippen MR) is 66.7 cm³/mol. The number of nitrogens with one attached hydrogen (secondary N) is 3. The van der Waals surface area contributed by atoms with E-state index in [-0.39, 0.29) is 17.3 Å². The number of nitro groups is 1. The molecule has 20 heavy (non-hydrogen) atoms. The van der Waals surface area contributed by atoms with Crippen LogP contribution < -0.4 is 10.6 Å². The molecule has 1 aromatic carbocycles. The van der Waals surface area contributed by atoms with Gasteiger partial charge in [0, 0.05) is 6.07 Å². The smallest absolute Gasteiger partial charge is 0.312 e. The Hall–Kier alpha value is -3.30. The number of nitrogens with zero attached hydrogens (tertiary/aromatic N) is 3. The zero-order valence-electron chi connectivity index (χ0n) is 9.86. The largest absolute Gasteiger partial charge is 0.316 e. The van der Waals surface area contributed by atoms with E-state index in [1.807, 2.05) is 0 Å². The lowest BCUT2D eigenvalue weighted by Crippen LogP contribution is -2.29. The van der Waals surface area contributed by atoms with Gasteiger partial charge in [-0.1, -0.05) is 12.1 Å². The number of hydrogen-bond donors (Lipinski definition) is 3. The fourth-order valence-electron chi connectivity index (χ4n) is 1.35. The number of nitro benzene ring substituents is 1. The summed E-state index contributed by atoms with van der Waals surface area (Å²) < 4.78 is 0. The average molecular weight is 276 g/mol.